The second-order valence-corrected chi connectivity index (χ2v) is 6.39. The molecule has 1 fully saturated rings. The Morgan fingerprint density at radius 1 is 1.43 bits per heavy atom. The van der Waals surface area contributed by atoms with Crippen molar-refractivity contribution in [3.05, 3.63) is 23.9 Å². The number of nitrogens with zero attached hydrogens (tertiary/aromatic N) is 3. The Bertz CT molecular complexity index is 421. The van der Waals surface area contributed by atoms with Gasteiger partial charge in [0.15, 0.2) is 0 Å². The highest BCUT2D eigenvalue weighted by atomic mass is 35.5. The van der Waals surface area contributed by atoms with Crippen LogP contribution in [-0.4, -0.2) is 42.1 Å². The van der Waals surface area contributed by atoms with Gasteiger partial charge in [-0.15, -0.1) is 12.4 Å². The maximum atomic E-state index is 6.07. The van der Waals surface area contributed by atoms with Crippen molar-refractivity contribution < 1.29 is 0 Å². The number of nitrogens with two attached hydrogens (primary N) is 1. The predicted molar refractivity (Wildman–Crippen MR) is 92.1 cm³/mol. The molecule has 0 bridgehead atoms. The van der Waals surface area contributed by atoms with Gasteiger partial charge in [0, 0.05) is 38.4 Å². The number of rotatable bonds is 4. The number of anilines is 1. The molecule has 2 heterocycles. The number of hydrogen-bond donors (Lipinski definition) is 1. The minimum absolute atomic E-state index is 0. The van der Waals surface area contributed by atoms with Crippen molar-refractivity contribution in [3.63, 3.8) is 0 Å². The first-order chi connectivity index (χ1) is 9.47. The molecule has 0 aliphatic carbocycles. The zero-order valence-corrected chi connectivity index (χ0v) is 14.4. The third-order valence-corrected chi connectivity index (χ3v) is 4.41. The van der Waals surface area contributed by atoms with Gasteiger partial charge < -0.3 is 10.6 Å². The summed E-state index contributed by atoms with van der Waals surface area (Å²) in [6, 6.07) is 5.15. The molecule has 2 rings (SSSR count). The average Bonchev–Trinajstić information content (AvgIpc) is 2.43. The smallest absolute Gasteiger partial charge is 0.128 e. The van der Waals surface area contributed by atoms with E-state index in [0.717, 1.165) is 31.9 Å². The fraction of sp³-hybridized carbons (Fsp3) is 0.688. The first-order valence-corrected chi connectivity index (χ1v) is 7.63. The van der Waals surface area contributed by atoms with Crippen molar-refractivity contribution in [2.45, 2.75) is 45.8 Å². The SMILES string of the molecule is CC1CN(Cc2ccc(N(C)C(C)C)nc2)CCC1N.Cl. The largest absolute Gasteiger partial charge is 0.357 e. The van der Waals surface area contributed by atoms with Crippen LogP contribution >= 0.6 is 12.4 Å². The van der Waals surface area contributed by atoms with E-state index in [2.05, 4.69) is 54.7 Å². The minimum atomic E-state index is 0. The Morgan fingerprint density at radius 3 is 2.67 bits per heavy atom. The summed E-state index contributed by atoms with van der Waals surface area (Å²) in [5, 5.41) is 0. The van der Waals surface area contributed by atoms with Gasteiger partial charge >= 0.3 is 0 Å². The topological polar surface area (TPSA) is 45.4 Å². The summed E-state index contributed by atoms with van der Waals surface area (Å²) < 4.78 is 0. The van der Waals surface area contributed by atoms with Crippen molar-refractivity contribution in [2.24, 2.45) is 11.7 Å². The highest BCUT2D eigenvalue weighted by Crippen LogP contribution is 2.18. The van der Waals surface area contributed by atoms with Gasteiger partial charge in [-0.25, -0.2) is 4.98 Å². The lowest BCUT2D eigenvalue weighted by atomic mass is 9.94. The summed E-state index contributed by atoms with van der Waals surface area (Å²) in [6.07, 6.45) is 3.11. The van der Waals surface area contributed by atoms with Crippen molar-refractivity contribution in [1.29, 1.82) is 0 Å². The summed E-state index contributed by atoms with van der Waals surface area (Å²) in [7, 11) is 2.08. The number of likely N-dealkylation sites (tertiary alicyclic amines) is 1. The number of halogens is 1. The first kappa shape index (κ1) is 18.2. The molecule has 0 spiro atoms. The van der Waals surface area contributed by atoms with Crippen LogP contribution in [0.5, 0.6) is 0 Å². The fourth-order valence-electron chi connectivity index (χ4n) is 2.64. The van der Waals surface area contributed by atoms with E-state index in [0.29, 0.717) is 18.0 Å². The van der Waals surface area contributed by atoms with Crippen molar-refractivity contribution in [1.82, 2.24) is 9.88 Å². The normalized spacial score (nSPS) is 23.0. The summed E-state index contributed by atoms with van der Waals surface area (Å²) in [4.78, 5) is 9.24. The number of aromatic nitrogens is 1. The maximum Gasteiger partial charge on any atom is 0.128 e. The molecule has 4 nitrogen and oxygen atoms in total. The summed E-state index contributed by atoms with van der Waals surface area (Å²) >= 11 is 0. The Kier molecular flexibility index (Phi) is 6.91. The van der Waals surface area contributed by atoms with E-state index in [-0.39, 0.29) is 12.4 Å². The highest BCUT2D eigenvalue weighted by Gasteiger charge is 2.22. The van der Waals surface area contributed by atoms with Gasteiger partial charge in [0.2, 0.25) is 0 Å². The third-order valence-electron chi connectivity index (χ3n) is 4.41. The van der Waals surface area contributed by atoms with E-state index in [1.807, 2.05) is 6.20 Å². The first-order valence-electron chi connectivity index (χ1n) is 7.63. The second kappa shape index (κ2) is 7.97. The van der Waals surface area contributed by atoms with Crippen LogP contribution in [0.15, 0.2) is 18.3 Å². The van der Waals surface area contributed by atoms with Crippen LogP contribution in [-0.2, 0) is 6.54 Å². The summed E-state index contributed by atoms with van der Waals surface area (Å²) in [5.74, 6) is 1.63. The monoisotopic (exact) mass is 312 g/mol. The number of pyridine rings is 1. The summed E-state index contributed by atoms with van der Waals surface area (Å²) in [5.41, 5.74) is 7.36. The molecular weight excluding hydrogens is 284 g/mol. The molecular formula is C16H29ClN4. The van der Waals surface area contributed by atoms with Crippen LogP contribution in [0.4, 0.5) is 5.82 Å². The fourth-order valence-corrected chi connectivity index (χ4v) is 2.64. The van der Waals surface area contributed by atoms with Crippen LogP contribution in [0.1, 0.15) is 32.8 Å². The van der Waals surface area contributed by atoms with E-state index in [4.69, 9.17) is 5.73 Å². The highest BCUT2D eigenvalue weighted by molar-refractivity contribution is 5.85. The number of piperidine rings is 1. The lowest BCUT2D eigenvalue weighted by Crippen LogP contribution is -2.45. The van der Waals surface area contributed by atoms with Gasteiger partial charge in [-0.2, -0.15) is 0 Å². The molecule has 0 radical (unpaired) electrons. The lowest BCUT2D eigenvalue weighted by Gasteiger charge is -2.35. The third kappa shape index (κ3) is 4.83. The van der Waals surface area contributed by atoms with E-state index in [1.54, 1.807) is 0 Å². The molecule has 2 atom stereocenters. The molecule has 0 aromatic carbocycles. The van der Waals surface area contributed by atoms with Crippen molar-refractivity contribution in [2.75, 3.05) is 25.0 Å². The Hall–Kier alpha value is -0.840. The molecule has 120 valence electrons. The van der Waals surface area contributed by atoms with Crippen LogP contribution < -0.4 is 10.6 Å². The summed E-state index contributed by atoms with van der Waals surface area (Å²) in [6.45, 7) is 9.77. The van der Waals surface area contributed by atoms with Gasteiger partial charge in [0.25, 0.3) is 0 Å². The quantitative estimate of drug-likeness (QED) is 0.928. The average molecular weight is 313 g/mol. The molecule has 21 heavy (non-hydrogen) atoms. The predicted octanol–water partition coefficient (Wildman–Crippen LogP) is 2.52. The molecule has 0 amide bonds. The van der Waals surface area contributed by atoms with Crippen LogP contribution in [0.25, 0.3) is 0 Å². The van der Waals surface area contributed by atoms with Gasteiger partial charge in [0.05, 0.1) is 0 Å². The Balaban J connectivity index is 0.00000220. The molecule has 2 N–H and O–H groups in total. The van der Waals surface area contributed by atoms with Crippen molar-refractivity contribution in [3.8, 4) is 0 Å². The zero-order chi connectivity index (χ0) is 14.7. The zero-order valence-electron chi connectivity index (χ0n) is 13.6. The maximum absolute atomic E-state index is 6.07. The van der Waals surface area contributed by atoms with E-state index >= 15 is 0 Å². The molecule has 1 aliphatic heterocycles. The van der Waals surface area contributed by atoms with Crippen molar-refractivity contribution >= 4 is 18.2 Å². The van der Waals surface area contributed by atoms with Crippen LogP contribution in [0.3, 0.4) is 0 Å². The Labute approximate surface area is 135 Å². The molecule has 1 aliphatic rings. The van der Waals surface area contributed by atoms with E-state index in [1.165, 1.54) is 5.56 Å². The van der Waals surface area contributed by atoms with Gasteiger partial charge in [-0.1, -0.05) is 13.0 Å². The molecule has 1 aromatic heterocycles. The molecule has 1 saturated heterocycles. The number of hydrogen-bond acceptors (Lipinski definition) is 4. The molecule has 0 saturated carbocycles. The Morgan fingerprint density at radius 2 is 2.14 bits per heavy atom. The second-order valence-electron chi connectivity index (χ2n) is 6.39. The van der Waals surface area contributed by atoms with Gasteiger partial charge in [-0.05, 0) is 44.4 Å². The minimum Gasteiger partial charge on any atom is -0.357 e. The molecule has 1 aromatic rings. The van der Waals surface area contributed by atoms with Gasteiger partial charge in [-0.3, -0.25) is 4.90 Å². The molecule has 5 heteroatoms. The van der Waals surface area contributed by atoms with Crippen LogP contribution in [0, 0.1) is 5.92 Å². The van der Waals surface area contributed by atoms with Gasteiger partial charge in [0.1, 0.15) is 5.82 Å². The molecule has 2 unspecified atom stereocenters. The van der Waals surface area contributed by atoms with Crippen LogP contribution in [0.2, 0.25) is 0 Å². The van der Waals surface area contributed by atoms with E-state index in [9.17, 15) is 0 Å². The standard InChI is InChI=1S/C16H28N4.ClH/c1-12(2)19(4)16-6-5-14(9-18-16)11-20-8-7-15(17)13(3)10-20;/h5-6,9,12-13,15H,7-8,10-11,17H2,1-4H3;1H. The van der Waals surface area contributed by atoms with E-state index < -0.39 is 0 Å². The lowest BCUT2D eigenvalue weighted by molar-refractivity contribution is 0.157.